The van der Waals surface area contributed by atoms with Gasteiger partial charge in [-0.1, -0.05) is 25.7 Å². The third kappa shape index (κ3) is 3.43. The van der Waals surface area contributed by atoms with Crippen LogP contribution < -0.4 is 5.32 Å². The van der Waals surface area contributed by atoms with Crippen molar-refractivity contribution in [3.05, 3.63) is 18.0 Å². The van der Waals surface area contributed by atoms with E-state index in [-0.39, 0.29) is 5.91 Å². The monoisotopic (exact) mass is 291 g/mol. The van der Waals surface area contributed by atoms with Gasteiger partial charge in [-0.2, -0.15) is 5.10 Å². The van der Waals surface area contributed by atoms with E-state index < -0.39 is 12.0 Å². The number of aliphatic carboxylic acids is 1. The second-order valence-electron chi connectivity index (χ2n) is 6.16. The summed E-state index contributed by atoms with van der Waals surface area (Å²) in [6.45, 7) is 0. The quantitative estimate of drug-likeness (QED) is 0.839. The number of carbonyl (C=O) groups is 2. The Morgan fingerprint density at radius 1 is 1.33 bits per heavy atom. The third-order valence-corrected chi connectivity index (χ3v) is 4.41. The summed E-state index contributed by atoms with van der Waals surface area (Å²) in [5.74, 6) is -0.910. The SMILES string of the molecule is O=C(NC(CC1CC1)C(=O)O)c1ccn(C2CCCC2)n1. The van der Waals surface area contributed by atoms with Crippen molar-refractivity contribution in [1.82, 2.24) is 15.1 Å². The van der Waals surface area contributed by atoms with E-state index in [1.165, 1.54) is 12.8 Å². The summed E-state index contributed by atoms with van der Waals surface area (Å²) >= 11 is 0. The first-order valence-corrected chi connectivity index (χ1v) is 7.72. The van der Waals surface area contributed by atoms with Crippen molar-refractivity contribution in [1.29, 1.82) is 0 Å². The Kier molecular flexibility index (Phi) is 3.94. The lowest BCUT2D eigenvalue weighted by Crippen LogP contribution is -2.41. The molecule has 0 spiro atoms. The molecule has 114 valence electrons. The van der Waals surface area contributed by atoms with Gasteiger partial charge in [0.25, 0.3) is 5.91 Å². The summed E-state index contributed by atoms with van der Waals surface area (Å²) < 4.78 is 1.85. The van der Waals surface area contributed by atoms with Crippen molar-refractivity contribution >= 4 is 11.9 Å². The maximum atomic E-state index is 12.1. The fraction of sp³-hybridized carbons (Fsp3) is 0.667. The molecular weight excluding hydrogens is 270 g/mol. The van der Waals surface area contributed by atoms with Crippen molar-refractivity contribution in [2.24, 2.45) is 5.92 Å². The molecule has 1 aromatic rings. The maximum Gasteiger partial charge on any atom is 0.326 e. The molecule has 1 unspecified atom stereocenters. The largest absolute Gasteiger partial charge is 0.480 e. The van der Waals surface area contributed by atoms with Crippen LogP contribution in [-0.4, -0.2) is 32.8 Å². The number of aromatic nitrogens is 2. The van der Waals surface area contributed by atoms with Gasteiger partial charge in [0.05, 0.1) is 6.04 Å². The highest BCUT2D eigenvalue weighted by molar-refractivity contribution is 5.94. The second kappa shape index (κ2) is 5.87. The number of amides is 1. The van der Waals surface area contributed by atoms with Gasteiger partial charge in [-0.25, -0.2) is 4.79 Å². The Hall–Kier alpha value is -1.85. The van der Waals surface area contributed by atoms with Crippen LogP contribution in [0.3, 0.4) is 0 Å². The second-order valence-corrected chi connectivity index (χ2v) is 6.16. The van der Waals surface area contributed by atoms with Crippen LogP contribution in [0.4, 0.5) is 0 Å². The van der Waals surface area contributed by atoms with Crippen molar-refractivity contribution in [3.63, 3.8) is 0 Å². The molecule has 21 heavy (non-hydrogen) atoms. The van der Waals surface area contributed by atoms with Gasteiger partial charge in [0.1, 0.15) is 11.7 Å². The predicted molar refractivity (Wildman–Crippen MR) is 76.0 cm³/mol. The van der Waals surface area contributed by atoms with E-state index in [2.05, 4.69) is 10.4 Å². The van der Waals surface area contributed by atoms with Gasteiger partial charge in [0.2, 0.25) is 0 Å². The Morgan fingerprint density at radius 2 is 2.05 bits per heavy atom. The Labute approximate surface area is 123 Å². The number of carboxylic acids is 1. The Balaban J connectivity index is 1.62. The van der Waals surface area contributed by atoms with Crippen LogP contribution in [0.25, 0.3) is 0 Å². The summed E-state index contributed by atoms with van der Waals surface area (Å²) in [4.78, 5) is 23.3. The lowest BCUT2D eigenvalue weighted by Gasteiger charge is -2.13. The average Bonchev–Trinajstić information content (AvgIpc) is 2.97. The van der Waals surface area contributed by atoms with E-state index in [0.29, 0.717) is 24.1 Å². The minimum Gasteiger partial charge on any atom is -0.480 e. The van der Waals surface area contributed by atoms with E-state index in [1.807, 2.05) is 10.9 Å². The van der Waals surface area contributed by atoms with E-state index in [1.54, 1.807) is 6.07 Å². The molecule has 0 aromatic carbocycles. The number of hydrogen-bond acceptors (Lipinski definition) is 3. The molecule has 0 saturated heterocycles. The summed E-state index contributed by atoms with van der Waals surface area (Å²) in [6.07, 6.45) is 9.07. The Bertz CT molecular complexity index is 530. The molecule has 1 aromatic heterocycles. The van der Waals surface area contributed by atoms with Crippen molar-refractivity contribution in [3.8, 4) is 0 Å². The molecule has 6 nitrogen and oxygen atoms in total. The molecule has 0 radical (unpaired) electrons. The van der Waals surface area contributed by atoms with Crippen molar-refractivity contribution in [2.45, 2.75) is 57.0 Å². The van der Waals surface area contributed by atoms with Crippen LogP contribution in [0, 0.1) is 5.92 Å². The first kappa shape index (κ1) is 14.1. The molecule has 0 aliphatic heterocycles. The molecule has 6 heteroatoms. The van der Waals surface area contributed by atoms with E-state index in [0.717, 1.165) is 25.7 Å². The van der Waals surface area contributed by atoms with Crippen LogP contribution in [0.15, 0.2) is 12.3 Å². The number of nitrogens with one attached hydrogen (secondary N) is 1. The molecule has 2 aliphatic rings. The highest BCUT2D eigenvalue weighted by atomic mass is 16.4. The Morgan fingerprint density at radius 3 is 2.67 bits per heavy atom. The number of carboxylic acid groups (broad SMARTS) is 1. The lowest BCUT2D eigenvalue weighted by molar-refractivity contribution is -0.139. The summed E-state index contributed by atoms with van der Waals surface area (Å²) in [5.41, 5.74) is 0.309. The summed E-state index contributed by atoms with van der Waals surface area (Å²) in [7, 11) is 0. The van der Waals surface area contributed by atoms with Crippen LogP contribution in [0.2, 0.25) is 0 Å². The minimum absolute atomic E-state index is 0.309. The number of carbonyl (C=O) groups excluding carboxylic acids is 1. The van der Waals surface area contributed by atoms with E-state index in [9.17, 15) is 14.7 Å². The van der Waals surface area contributed by atoms with Crippen molar-refractivity contribution in [2.75, 3.05) is 0 Å². The molecule has 0 bridgehead atoms. The van der Waals surface area contributed by atoms with E-state index >= 15 is 0 Å². The average molecular weight is 291 g/mol. The van der Waals surface area contributed by atoms with Gasteiger partial charge in [0.15, 0.2) is 0 Å². The van der Waals surface area contributed by atoms with Gasteiger partial charge < -0.3 is 10.4 Å². The number of nitrogens with zero attached hydrogens (tertiary/aromatic N) is 2. The first-order valence-electron chi connectivity index (χ1n) is 7.72. The van der Waals surface area contributed by atoms with Gasteiger partial charge >= 0.3 is 5.97 Å². The van der Waals surface area contributed by atoms with Crippen LogP contribution in [0.1, 0.15) is 61.5 Å². The van der Waals surface area contributed by atoms with Gasteiger partial charge in [-0.3, -0.25) is 9.48 Å². The molecule has 2 N–H and O–H groups in total. The summed E-state index contributed by atoms with van der Waals surface area (Å²) in [6, 6.07) is 1.25. The molecule has 2 aliphatic carbocycles. The highest BCUT2D eigenvalue weighted by Crippen LogP contribution is 2.33. The van der Waals surface area contributed by atoms with Crippen LogP contribution in [-0.2, 0) is 4.79 Å². The third-order valence-electron chi connectivity index (χ3n) is 4.41. The molecular formula is C15H21N3O3. The standard InChI is InChI=1S/C15H21N3O3/c19-14(16-13(15(20)21)9-10-5-6-10)12-7-8-18(17-12)11-3-1-2-4-11/h7-8,10-11,13H,1-6,9H2,(H,16,19)(H,20,21). The molecule has 1 amide bonds. The molecule has 2 fully saturated rings. The maximum absolute atomic E-state index is 12.1. The predicted octanol–water partition coefficient (Wildman–Crippen LogP) is 1.98. The molecule has 1 atom stereocenters. The minimum atomic E-state index is -0.967. The molecule has 1 heterocycles. The zero-order valence-electron chi connectivity index (χ0n) is 12.0. The topological polar surface area (TPSA) is 84.2 Å². The molecule has 3 rings (SSSR count). The van der Waals surface area contributed by atoms with Gasteiger partial charge in [-0.15, -0.1) is 0 Å². The zero-order valence-corrected chi connectivity index (χ0v) is 12.0. The van der Waals surface area contributed by atoms with Crippen LogP contribution in [0.5, 0.6) is 0 Å². The summed E-state index contributed by atoms with van der Waals surface area (Å²) in [5, 5.41) is 16.1. The first-order chi connectivity index (χ1) is 10.1. The molecule has 2 saturated carbocycles. The normalized spacial score (nSPS) is 20.4. The van der Waals surface area contributed by atoms with Crippen LogP contribution >= 0.6 is 0 Å². The fourth-order valence-corrected chi connectivity index (χ4v) is 2.97. The van der Waals surface area contributed by atoms with E-state index in [4.69, 9.17) is 0 Å². The smallest absolute Gasteiger partial charge is 0.326 e. The highest BCUT2D eigenvalue weighted by Gasteiger charge is 2.31. The lowest BCUT2D eigenvalue weighted by atomic mass is 10.1. The van der Waals surface area contributed by atoms with Crippen molar-refractivity contribution < 1.29 is 14.7 Å². The number of rotatable bonds is 6. The zero-order chi connectivity index (χ0) is 14.8. The fourth-order valence-electron chi connectivity index (χ4n) is 2.97. The number of hydrogen-bond donors (Lipinski definition) is 2. The van der Waals surface area contributed by atoms with Gasteiger partial charge in [-0.05, 0) is 31.2 Å². The van der Waals surface area contributed by atoms with Gasteiger partial charge in [0, 0.05) is 6.20 Å².